The topological polar surface area (TPSA) is 32.3 Å². The lowest BCUT2D eigenvalue weighted by Gasteiger charge is -2.31. The van der Waals surface area contributed by atoms with Crippen molar-refractivity contribution in [3.05, 3.63) is 35.9 Å². The van der Waals surface area contributed by atoms with E-state index in [0.717, 1.165) is 32.5 Å². The van der Waals surface area contributed by atoms with Crippen LogP contribution in [0.2, 0.25) is 0 Å². The molecule has 1 N–H and O–H groups in total. The SMILES string of the molecule is Cl.O=C(C1CCNC1)N(CCc1ccccc1)C1CCCC1. The van der Waals surface area contributed by atoms with Gasteiger partial charge in [-0.25, -0.2) is 0 Å². The number of carbonyl (C=O) groups is 1. The second kappa shape index (κ2) is 8.54. The number of nitrogens with zero attached hydrogens (tertiary/aromatic N) is 1. The Labute approximate surface area is 139 Å². The van der Waals surface area contributed by atoms with Crippen LogP contribution < -0.4 is 5.32 Å². The maximum absolute atomic E-state index is 12.8. The summed E-state index contributed by atoms with van der Waals surface area (Å²) in [6.07, 6.45) is 6.93. The number of halogens is 1. The molecule has 0 spiro atoms. The van der Waals surface area contributed by atoms with Crippen molar-refractivity contribution in [1.29, 1.82) is 0 Å². The fourth-order valence-corrected chi connectivity index (χ4v) is 3.68. The van der Waals surface area contributed by atoms with Crippen molar-refractivity contribution in [3.8, 4) is 0 Å². The van der Waals surface area contributed by atoms with Crippen molar-refractivity contribution in [2.24, 2.45) is 5.92 Å². The van der Waals surface area contributed by atoms with E-state index in [4.69, 9.17) is 0 Å². The van der Waals surface area contributed by atoms with Crippen LogP contribution in [0.4, 0.5) is 0 Å². The molecule has 22 heavy (non-hydrogen) atoms. The van der Waals surface area contributed by atoms with E-state index in [0.29, 0.717) is 11.9 Å². The van der Waals surface area contributed by atoms with Gasteiger partial charge >= 0.3 is 0 Å². The molecule has 1 aliphatic carbocycles. The first kappa shape index (κ1) is 17.3. The highest BCUT2D eigenvalue weighted by Gasteiger charge is 2.32. The maximum Gasteiger partial charge on any atom is 0.227 e. The number of carbonyl (C=O) groups excluding carboxylic acids is 1. The standard InChI is InChI=1S/C18H26N2O.ClH/c21-18(16-10-12-19-14-16)20(17-8-4-5-9-17)13-11-15-6-2-1-3-7-15;/h1-3,6-7,16-17,19H,4-5,8-14H2;1H. The third kappa shape index (κ3) is 4.23. The minimum absolute atomic E-state index is 0. The Bertz CT molecular complexity index is 453. The minimum atomic E-state index is 0. The van der Waals surface area contributed by atoms with Crippen molar-refractivity contribution in [2.45, 2.75) is 44.6 Å². The van der Waals surface area contributed by atoms with Crippen LogP contribution in [-0.2, 0) is 11.2 Å². The van der Waals surface area contributed by atoms with Crippen LogP contribution >= 0.6 is 12.4 Å². The van der Waals surface area contributed by atoms with Gasteiger partial charge < -0.3 is 10.2 Å². The van der Waals surface area contributed by atoms with Crippen LogP contribution in [-0.4, -0.2) is 36.5 Å². The van der Waals surface area contributed by atoms with Gasteiger partial charge in [-0.15, -0.1) is 12.4 Å². The second-order valence-electron chi connectivity index (χ2n) is 6.40. The van der Waals surface area contributed by atoms with Crippen LogP contribution in [0, 0.1) is 5.92 Å². The van der Waals surface area contributed by atoms with Gasteiger partial charge in [0.05, 0.1) is 5.92 Å². The average Bonchev–Trinajstić information content (AvgIpc) is 3.22. The maximum atomic E-state index is 12.8. The molecule has 0 aromatic heterocycles. The summed E-state index contributed by atoms with van der Waals surface area (Å²) in [5, 5.41) is 3.32. The molecule has 1 saturated heterocycles. The smallest absolute Gasteiger partial charge is 0.227 e. The average molecular weight is 323 g/mol. The van der Waals surface area contributed by atoms with Crippen LogP contribution in [0.5, 0.6) is 0 Å². The van der Waals surface area contributed by atoms with Gasteiger partial charge in [-0.3, -0.25) is 4.79 Å². The summed E-state index contributed by atoms with van der Waals surface area (Å²) in [5.74, 6) is 0.601. The third-order valence-electron chi connectivity index (χ3n) is 4.94. The largest absolute Gasteiger partial charge is 0.339 e. The Hall–Kier alpha value is -1.06. The summed E-state index contributed by atoms with van der Waals surface area (Å²) >= 11 is 0. The van der Waals surface area contributed by atoms with E-state index in [1.165, 1.54) is 31.2 Å². The highest BCUT2D eigenvalue weighted by atomic mass is 35.5. The molecule has 1 saturated carbocycles. The molecule has 0 radical (unpaired) electrons. The predicted octanol–water partition coefficient (Wildman–Crippen LogP) is 3.03. The van der Waals surface area contributed by atoms with Crippen LogP contribution in [0.15, 0.2) is 30.3 Å². The van der Waals surface area contributed by atoms with E-state index in [9.17, 15) is 4.79 Å². The zero-order valence-electron chi connectivity index (χ0n) is 13.2. The normalized spacial score (nSPS) is 21.5. The molecule has 3 rings (SSSR count). The third-order valence-corrected chi connectivity index (χ3v) is 4.94. The first-order valence-corrected chi connectivity index (χ1v) is 8.40. The highest BCUT2D eigenvalue weighted by Crippen LogP contribution is 2.26. The van der Waals surface area contributed by atoms with Crippen LogP contribution in [0.1, 0.15) is 37.7 Å². The quantitative estimate of drug-likeness (QED) is 0.903. The number of hydrogen-bond donors (Lipinski definition) is 1. The molecular weight excluding hydrogens is 296 g/mol. The highest BCUT2D eigenvalue weighted by molar-refractivity contribution is 5.85. The van der Waals surface area contributed by atoms with Gasteiger partial charge in [0.2, 0.25) is 5.91 Å². The molecule has 1 atom stereocenters. The Balaban J connectivity index is 0.00000176. The monoisotopic (exact) mass is 322 g/mol. The Morgan fingerprint density at radius 2 is 1.86 bits per heavy atom. The first-order valence-electron chi connectivity index (χ1n) is 8.40. The summed E-state index contributed by atoms with van der Waals surface area (Å²) in [7, 11) is 0. The molecule has 1 aliphatic heterocycles. The van der Waals surface area contributed by atoms with Gasteiger partial charge in [0, 0.05) is 19.1 Å². The molecule has 1 amide bonds. The fourth-order valence-electron chi connectivity index (χ4n) is 3.68. The van der Waals surface area contributed by atoms with Crippen LogP contribution in [0.3, 0.4) is 0 Å². The molecular formula is C18H27ClN2O. The molecule has 1 aromatic carbocycles. The Morgan fingerprint density at radius 3 is 2.50 bits per heavy atom. The minimum Gasteiger partial charge on any atom is -0.339 e. The van der Waals surface area contributed by atoms with E-state index >= 15 is 0 Å². The lowest BCUT2D eigenvalue weighted by atomic mass is 10.0. The molecule has 2 aliphatic rings. The van der Waals surface area contributed by atoms with Gasteiger partial charge in [-0.05, 0) is 37.8 Å². The van der Waals surface area contributed by atoms with Gasteiger partial charge in [0.1, 0.15) is 0 Å². The summed E-state index contributed by atoms with van der Waals surface area (Å²) in [6, 6.07) is 11.0. The van der Waals surface area contributed by atoms with Crippen LogP contribution in [0.25, 0.3) is 0 Å². The van der Waals surface area contributed by atoms with Crippen molar-refractivity contribution in [3.63, 3.8) is 0 Å². The second-order valence-corrected chi connectivity index (χ2v) is 6.40. The number of nitrogens with one attached hydrogen (secondary N) is 1. The molecule has 122 valence electrons. The van der Waals surface area contributed by atoms with Crippen molar-refractivity contribution < 1.29 is 4.79 Å². The van der Waals surface area contributed by atoms with Gasteiger partial charge in [-0.2, -0.15) is 0 Å². The summed E-state index contributed by atoms with van der Waals surface area (Å²) < 4.78 is 0. The lowest BCUT2D eigenvalue weighted by Crippen LogP contribution is -2.44. The summed E-state index contributed by atoms with van der Waals surface area (Å²) in [6.45, 7) is 2.74. The van der Waals surface area contributed by atoms with E-state index in [1.807, 2.05) is 6.07 Å². The fraction of sp³-hybridized carbons (Fsp3) is 0.611. The number of rotatable bonds is 5. The molecule has 0 bridgehead atoms. The van der Waals surface area contributed by atoms with E-state index < -0.39 is 0 Å². The molecule has 1 heterocycles. The predicted molar refractivity (Wildman–Crippen MR) is 92.3 cm³/mol. The van der Waals surface area contributed by atoms with E-state index in [2.05, 4.69) is 34.5 Å². The van der Waals surface area contributed by atoms with Gasteiger partial charge in [0.15, 0.2) is 0 Å². The molecule has 3 nitrogen and oxygen atoms in total. The zero-order valence-corrected chi connectivity index (χ0v) is 14.0. The van der Waals surface area contributed by atoms with E-state index in [1.54, 1.807) is 0 Å². The number of benzene rings is 1. The molecule has 4 heteroatoms. The molecule has 2 fully saturated rings. The number of hydrogen-bond acceptors (Lipinski definition) is 2. The van der Waals surface area contributed by atoms with Crippen molar-refractivity contribution in [2.75, 3.05) is 19.6 Å². The number of amides is 1. The summed E-state index contributed by atoms with van der Waals surface area (Å²) in [4.78, 5) is 15.0. The van der Waals surface area contributed by atoms with Crippen molar-refractivity contribution >= 4 is 18.3 Å². The van der Waals surface area contributed by atoms with Gasteiger partial charge in [0.25, 0.3) is 0 Å². The summed E-state index contributed by atoms with van der Waals surface area (Å²) in [5.41, 5.74) is 1.33. The first-order chi connectivity index (χ1) is 10.3. The molecule has 1 aromatic rings. The Morgan fingerprint density at radius 1 is 1.14 bits per heavy atom. The zero-order chi connectivity index (χ0) is 14.5. The Kier molecular flexibility index (Phi) is 6.71. The van der Waals surface area contributed by atoms with Crippen molar-refractivity contribution in [1.82, 2.24) is 10.2 Å². The lowest BCUT2D eigenvalue weighted by molar-refractivity contribution is -0.137. The van der Waals surface area contributed by atoms with Gasteiger partial charge in [-0.1, -0.05) is 43.2 Å². The van der Waals surface area contributed by atoms with E-state index in [-0.39, 0.29) is 18.3 Å². The molecule has 1 unspecified atom stereocenters.